The van der Waals surface area contributed by atoms with E-state index in [9.17, 15) is 0 Å². The summed E-state index contributed by atoms with van der Waals surface area (Å²) in [4.78, 5) is 0. The molecule has 1 rings (SSSR count). The fourth-order valence-electron chi connectivity index (χ4n) is 2.27. The first-order chi connectivity index (χ1) is 8.07. The minimum Gasteiger partial charge on any atom is -0.394 e. The Kier molecular flexibility index (Phi) is 6.41. The van der Waals surface area contributed by atoms with Crippen molar-refractivity contribution in [2.24, 2.45) is 5.73 Å². The lowest BCUT2D eigenvalue weighted by atomic mass is 9.94. The standard InChI is InChI=1S/C13H27NO3/c1-13(14,10-15)7-4-8-17-12-6-3-5-11(9-12)16-2/h11-12,15H,3-10,14H2,1-2H3. The largest absolute Gasteiger partial charge is 0.394 e. The molecule has 1 fully saturated rings. The van der Waals surface area contributed by atoms with Gasteiger partial charge in [0.1, 0.15) is 0 Å². The van der Waals surface area contributed by atoms with Crippen LogP contribution in [0.5, 0.6) is 0 Å². The summed E-state index contributed by atoms with van der Waals surface area (Å²) in [6, 6.07) is 0. The molecule has 0 spiro atoms. The fourth-order valence-corrected chi connectivity index (χ4v) is 2.27. The molecule has 0 aromatic rings. The lowest BCUT2D eigenvalue weighted by molar-refractivity contribution is -0.0314. The lowest BCUT2D eigenvalue weighted by Gasteiger charge is -2.28. The third-order valence-corrected chi connectivity index (χ3v) is 3.52. The van der Waals surface area contributed by atoms with E-state index < -0.39 is 5.54 Å². The molecule has 0 heterocycles. The molecule has 3 unspecified atom stereocenters. The quantitative estimate of drug-likeness (QED) is 0.666. The van der Waals surface area contributed by atoms with Gasteiger partial charge in [0.2, 0.25) is 0 Å². The highest BCUT2D eigenvalue weighted by Gasteiger charge is 2.22. The maximum absolute atomic E-state index is 9.03. The number of methoxy groups -OCH3 is 1. The lowest BCUT2D eigenvalue weighted by Crippen LogP contribution is -2.40. The number of nitrogens with two attached hydrogens (primary N) is 1. The van der Waals surface area contributed by atoms with E-state index in [4.69, 9.17) is 20.3 Å². The van der Waals surface area contributed by atoms with E-state index in [1.165, 1.54) is 6.42 Å². The number of ether oxygens (including phenoxy) is 2. The Hall–Kier alpha value is -0.160. The predicted molar refractivity (Wildman–Crippen MR) is 67.9 cm³/mol. The molecule has 1 aliphatic carbocycles. The molecule has 3 atom stereocenters. The minimum atomic E-state index is -0.467. The minimum absolute atomic E-state index is 0.0299. The van der Waals surface area contributed by atoms with Crippen molar-refractivity contribution in [3.8, 4) is 0 Å². The third-order valence-electron chi connectivity index (χ3n) is 3.52. The molecule has 4 nitrogen and oxygen atoms in total. The molecule has 4 heteroatoms. The summed E-state index contributed by atoms with van der Waals surface area (Å²) in [6.45, 7) is 2.63. The highest BCUT2D eigenvalue weighted by Crippen LogP contribution is 2.23. The summed E-state index contributed by atoms with van der Waals surface area (Å²) in [5, 5.41) is 9.03. The maximum Gasteiger partial charge on any atom is 0.0608 e. The van der Waals surface area contributed by atoms with E-state index in [0.29, 0.717) is 12.2 Å². The third kappa shape index (κ3) is 5.82. The first kappa shape index (κ1) is 14.9. The van der Waals surface area contributed by atoms with E-state index in [1.807, 2.05) is 6.92 Å². The van der Waals surface area contributed by atoms with Gasteiger partial charge in [0.05, 0.1) is 18.8 Å². The monoisotopic (exact) mass is 245 g/mol. The van der Waals surface area contributed by atoms with Gasteiger partial charge in [-0.25, -0.2) is 0 Å². The van der Waals surface area contributed by atoms with Gasteiger partial charge >= 0.3 is 0 Å². The van der Waals surface area contributed by atoms with Crippen LogP contribution in [0.4, 0.5) is 0 Å². The molecule has 0 saturated heterocycles. The summed E-state index contributed by atoms with van der Waals surface area (Å²) < 4.78 is 11.2. The molecule has 0 radical (unpaired) electrons. The van der Waals surface area contributed by atoms with Crippen LogP contribution in [-0.4, -0.2) is 43.2 Å². The SMILES string of the molecule is COC1CCCC(OCCCC(C)(N)CO)C1. The van der Waals surface area contributed by atoms with Crippen molar-refractivity contribution in [3.63, 3.8) is 0 Å². The van der Waals surface area contributed by atoms with E-state index in [0.717, 1.165) is 38.7 Å². The van der Waals surface area contributed by atoms with Crippen molar-refractivity contribution in [3.05, 3.63) is 0 Å². The summed E-state index contributed by atoms with van der Waals surface area (Å²) >= 11 is 0. The average Bonchev–Trinajstić information content (AvgIpc) is 2.35. The molecule has 3 N–H and O–H groups in total. The van der Waals surface area contributed by atoms with Crippen molar-refractivity contribution >= 4 is 0 Å². The number of aliphatic hydroxyl groups is 1. The Morgan fingerprint density at radius 1 is 1.35 bits per heavy atom. The second-order valence-corrected chi connectivity index (χ2v) is 5.43. The van der Waals surface area contributed by atoms with Gasteiger partial charge in [-0.05, 0) is 45.4 Å². The molecular weight excluding hydrogens is 218 g/mol. The molecule has 17 heavy (non-hydrogen) atoms. The van der Waals surface area contributed by atoms with Crippen LogP contribution in [0.2, 0.25) is 0 Å². The van der Waals surface area contributed by atoms with Crippen LogP contribution >= 0.6 is 0 Å². The van der Waals surface area contributed by atoms with Gasteiger partial charge < -0.3 is 20.3 Å². The van der Waals surface area contributed by atoms with Crippen LogP contribution < -0.4 is 5.73 Å². The second-order valence-electron chi connectivity index (χ2n) is 5.43. The smallest absolute Gasteiger partial charge is 0.0608 e. The van der Waals surface area contributed by atoms with Crippen molar-refractivity contribution in [1.82, 2.24) is 0 Å². The molecule has 0 aromatic heterocycles. The van der Waals surface area contributed by atoms with Crippen molar-refractivity contribution in [2.75, 3.05) is 20.3 Å². The van der Waals surface area contributed by atoms with Crippen molar-refractivity contribution in [1.29, 1.82) is 0 Å². The zero-order valence-corrected chi connectivity index (χ0v) is 11.2. The van der Waals surface area contributed by atoms with Crippen LogP contribution in [0, 0.1) is 0 Å². The maximum atomic E-state index is 9.03. The summed E-state index contributed by atoms with van der Waals surface area (Å²) in [5.41, 5.74) is 5.39. The first-order valence-electron chi connectivity index (χ1n) is 6.61. The summed E-state index contributed by atoms with van der Waals surface area (Å²) in [5.74, 6) is 0. The Labute approximate surface area is 104 Å². The van der Waals surface area contributed by atoms with Gasteiger partial charge in [0, 0.05) is 19.3 Å². The number of hydrogen-bond acceptors (Lipinski definition) is 4. The summed E-state index contributed by atoms with van der Waals surface area (Å²) in [7, 11) is 1.77. The van der Waals surface area contributed by atoms with Gasteiger partial charge in [0.25, 0.3) is 0 Å². The van der Waals surface area contributed by atoms with Crippen LogP contribution in [0.15, 0.2) is 0 Å². The van der Waals surface area contributed by atoms with Gasteiger partial charge in [0.15, 0.2) is 0 Å². The van der Waals surface area contributed by atoms with Crippen LogP contribution in [-0.2, 0) is 9.47 Å². The zero-order chi connectivity index (χ0) is 12.7. The van der Waals surface area contributed by atoms with Gasteiger partial charge in [-0.15, -0.1) is 0 Å². The first-order valence-corrected chi connectivity index (χ1v) is 6.61. The zero-order valence-electron chi connectivity index (χ0n) is 11.2. The average molecular weight is 245 g/mol. The van der Waals surface area contributed by atoms with Gasteiger partial charge in [-0.3, -0.25) is 0 Å². The Morgan fingerprint density at radius 3 is 2.71 bits per heavy atom. The Morgan fingerprint density at radius 2 is 2.06 bits per heavy atom. The highest BCUT2D eigenvalue weighted by molar-refractivity contribution is 4.77. The van der Waals surface area contributed by atoms with E-state index in [1.54, 1.807) is 7.11 Å². The molecule has 102 valence electrons. The Bertz CT molecular complexity index is 209. The second kappa shape index (κ2) is 7.31. The molecule has 0 bridgehead atoms. The number of aliphatic hydroxyl groups excluding tert-OH is 1. The van der Waals surface area contributed by atoms with Crippen molar-refractivity contribution in [2.45, 2.75) is 63.2 Å². The Balaban J connectivity index is 2.10. The van der Waals surface area contributed by atoms with Gasteiger partial charge in [-0.2, -0.15) is 0 Å². The van der Waals surface area contributed by atoms with E-state index in [-0.39, 0.29) is 6.61 Å². The van der Waals surface area contributed by atoms with Crippen LogP contribution in [0.3, 0.4) is 0 Å². The van der Waals surface area contributed by atoms with E-state index >= 15 is 0 Å². The summed E-state index contributed by atoms with van der Waals surface area (Å²) in [6.07, 6.45) is 6.90. The molecule has 0 aromatic carbocycles. The van der Waals surface area contributed by atoms with Crippen LogP contribution in [0.1, 0.15) is 45.4 Å². The molecule has 0 amide bonds. The van der Waals surface area contributed by atoms with E-state index in [2.05, 4.69) is 0 Å². The molecule has 1 aliphatic rings. The fraction of sp³-hybridized carbons (Fsp3) is 1.00. The highest BCUT2D eigenvalue weighted by atomic mass is 16.5. The molecule has 0 aliphatic heterocycles. The number of hydrogen-bond donors (Lipinski definition) is 2. The molecule has 1 saturated carbocycles. The predicted octanol–water partition coefficient (Wildman–Crippen LogP) is 1.45. The van der Waals surface area contributed by atoms with Crippen molar-refractivity contribution < 1.29 is 14.6 Å². The molecular formula is C13H27NO3. The van der Waals surface area contributed by atoms with Crippen LogP contribution in [0.25, 0.3) is 0 Å². The van der Waals surface area contributed by atoms with Gasteiger partial charge in [-0.1, -0.05) is 0 Å². The topological polar surface area (TPSA) is 64.7 Å². The number of rotatable bonds is 7. The normalized spacial score (nSPS) is 28.9.